The average Bonchev–Trinajstić information content (AvgIpc) is 3.26. The van der Waals surface area contributed by atoms with Gasteiger partial charge in [-0.05, 0) is 46.1 Å². The Morgan fingerprint density at radius 2 is 1.93 bits per heavy atom. The van der Waals surface area contributed by atoms with Crippen LogP contribution in [0.2, 0.25) is 0 Å². The first-order valence-electron chi connectivity index (χ1n) is 9.49. The van der Waals surface area contributed by atoms with Gasteiger partial charge in [0.15, 0.2) is 0 Å². The Balaban J connectivity index is 1.38. The van der Waals surface area contributed by atoms with Crippen molar-refractivity contribution in [3.63, 3.8) is 0 Å². The van der Waals surface area contributed by atoms with Gasteiger partial charge in [-0.3, -0.25) is 14.2 Å². The largest absolute Gasteiger partial charge is 0.323 e. The van der Waals surface area contributed by atoms with Crippen molar-refractivity contribution in [3.05, 3.63) is 76.3 Å². The molecular formula is C22H22BrN5O. The number of carbonyl (C=O) groups excluding carboxylic acids is 1. The van der Waals surface area contributed by atoms with Gasteiger partial charge in [-0.25, -0.2) is 0 Å². The molecule has 148 valence electrons. The summed E-state index contributed by atoms with van der Waals surface area (Å²) in [7, 11) is 0. The summed E-state index contributed by atoms with van der Waals surface area (Å²) in [6.07, 6.45) is 3.89. The highest BCUT2D eigenvalue weighted by Gasteiger charge is 2.11. The Morgan fingerprint density at radius 1 is 1.14 bits per heavy atom. The van der Waals surface area contributed by atoms with Gasteiger partial charge in [0.1, 0.15) is 0 Å². The minimum atomic E-state index is -0.0570. The van der Waals surface area contributed by atoms with Crippen LogP contribution in [0.3, 0.4) is 0 Å². The van der Waals surface area contributed by atoms with Gasteiger partial charge in [-0.1, -0.05) is 42.5 Å². The van der Waals surface area contributed by atoms with Gasteiger partial charge < -0.3 is 5.32 Å². The van der Waals surface area contributed by atoms with E-state index in [1.807, 2.05) is 41.5 Å². The third-order valence-electron chi connectivity index (χ3n) is 4.97. The summed E-state index contributed by atoms with van der Waals surface area (Å²) in [5.41, 5.74) is 3.85. The molecule has 29 heavy (non-hydrogen) atoms. The number of anilines is 1. The Hall–Kier alpha value is -2.93. The second kappa shape index (κ2) is 8.21. The molecule has 2 aromatic carbocycles. The number of aromatic nitrogens is 4. The van der Waals surface area contributed by atoms with E-state index >= 15 is 0 Å². The van der Waals surface area contributed by atoms with E-state index in [2.05, 4.69) is 61.8 Å². The number of benzene rings is 2. The zero-order valence-corrected chi connectivity index (χ0v) is 18.0. The second-order valence-corrected chi connectivity index (χ2v) is 7.86. The molecule has 4 aromatic rings. The fourth-order valence-corrected chi connectivity index (χ4v) is 3.73. The Labute approximate surface area is 177 Å². The number of fused-ring (bicyclic) bond motifs is 1. The molecule has 2 heterocycles. The van der Waals surface area contributed by atoms with Gasteiger partial charge in [0, 0.05) is 18.3 Å². The van der Waals surface area contributed by atoms with Crippen LogP contribution in [0.1, 0.15) is 23.4 Å². The molecule has 6 nitrogen and oxygen atoms in total. The average molecular weight is 452 g/mol. The number of hydrogen-bond donors (Lipinski definition) is 1. The summed E-state index contributed by atoms with van der Waals surface area (Å²) < 4.78 is 4.69. The van der Waals surface area contributed by atoms with Gasteiger partial charge in [-0.2, -0.15) is 10.2 Å². The summed E-state index contributed by atoms with van der Waals surface area (Å²) in [5.74, 6) is -0.0570. The summed E-state index contributed by atoms with van der Waals surface area (Å²) in [5, 5.41) is 14.2. The van der Waals surface area contributed by atoms with Crippen LogP contribution >= 0.6 is 15.9 Å². The molecule has 0 bridgehead atoms. The van der Waals surface area contributed by atoms with Crippen molar-refractivity contribution in [1.29, 1.82) is 0 Å². The highest BCUT2D eigenvalue weighted by molar-refractivity contribution is 9.10. The molecule has 1 N–H and O–H groups in total. The highest BCUT2D eigenvalue weighted by Crippen LogP contribution is 2.21. The minimum Gasteiger partial charge on any atom is -0.323 e. The number of nitrogens with one attached hydrogen (secondary N) is 1. The number of hydrogen-bond acceptors (Lipinski definition) is 3. The third kappa shape index (κ3) is 4.24. The predicted molar refractivity (Wildman–Crippen MR) is 118 cm³/mol. The van der Waals surface area contributed by atoms with Crippen LogP contribution in [-0.4, -0.2) is 25.5 Å². The number of aryl methyl sites for hydroxylation is 2. The minimum absolute atomic E-state index is 0.0570. The van der Waals surface area contributed by atoms with Gasteiger partial charge >= 0.3 is 0 Å². The Morgan fingerprint density at radius 3 is 2.72 bits per heavy atom. The first kappa shape index (κ1) is 19.4. The van der Waals surface area contributed by atoms with Crippen molar-refractivity contribution < 1.29 is 4.79 Å². The van der Waals surface area contributed by atoms with Crippen LogP contribution in [0.5, 0.6) is 0 Å². The first-order valence-corrected chi connectivity index (χ1v) is 10.3. The van der Waals surface area contributed by atoms with E-state index in [1.165, 1.54) is 16.3 Å². The van der Waals surface area contributed by atoms with Crippen molar-refractivity contribution in [1.82, 2.24) is 19.6 Å². The van der Waals surface area contributed by atoms with Crippen molar-refractivity contribution >= 4 is 38.3 Å². The normalized spacial score (nSPS) is 11.1. The van der Waals surface area contributed by atoms with E-state index in [0.29, 0.717) is 25.2 Å². The van der Waals surface area contributed by atoms with Crippen molar-refractivity contribution in [2.24, 2.45) is 0 Å². The van der Waals surface area contributed by atoms with Crippen LogP contribution < -0.4 is 5.32 Å². The van der Waals surface area contributed by atoms with E-state index in [0.717, 1.165) is 15.9 Å². The van der Waals surface area contributed by atoms with Crippen molar-refractivity contribution in [3.8, 4) is 0 Å². The maximum Gasteiger partial charge on any atom is 0.226 e. The van der Waals surface area contributed by atoms with E-state index in [-0.39, 0.29) is 5.91 Å². The van der Waals surface area contributed by atoms with E-state index < -0.39 is 0 Å². The van der Waals surface area contributed by atoms with Crippen molar-refractivity contribution in [2.45, 2.75) is 33.4 Å². The zero-order chi connectivity index (χ0) is 20.4. The number of rotatable bonds is 6. The lowest BCUT2D eigenvalue weighted by atomic mass is 10.0. The SMILES string of the molecule is Cc1nn(CCC(=O)Nc2cnn(Cc3cccc4ccccc34)c2)c(C)c1Br. The number of carbonyl (C=O) groups is 1. The summed E-state index contributed by atoms with van der Waals surface area (Å²) >= 11 is 3.51. The molecule has 2 aromatic heterocycles. The van der Waals surface area contributed by atoms with Crippen LogP contribution in [0.25, 0.3) is 10.8 Å². The molecule has 0 spiro atoms. The maximum atomic E-state index is 12.3. The molecule has 0 atom stereocenters. The monoisotopic (exact) mass is 451 g/mol. The third-order valence-corrected chi connectivity index (χ3v) is 6.12. The molecule has 0 radical (unpaired) electrons. The quantitative estimate of drug-likeness (QED) is 0.462. The van der Waals surface area contributed by atoms with Crippen molar-refractivity contribution in [2.75, 3.05) is 5.32 Å². The second-order valence-electron chi connectivity index (χ2n) is 7.07. The molecule has 0 saturated heterocycles. The molecule has 4 rings (SSSR count). The van der Waals surface area contributed by atoms with Gasteiger partial charge in [0.2, 0.25) is 5.91 Å². The number of amides is 1. The molecule has 0 aliphatic rings. The lowest BCUT2D eigenvalue weighted by Gasteiger charge is -2.07. The summed E-state index contributed by atoms with van der Waals surface area (Å²) in [6.45, 7) is 5.11. The summed E-state index contributed by atoms with van der Waals surface area (Å²) in [6, 6.07) is 14.6. The molecule has 7 heteroatoms. The molecule has 1 amide bonds. The predicted octanol–water partition coefficient (Wildman–Crippen LogP) is 4.69. The van der Waals surface area contributed by atoms with Gasteiger partial charge in [0.05, 0.1) is 35.1 Å². The number of halogens is 1. The summed E-state index contributed by atoms with van der Waals surface area (Å²) in [4.78, 5) is 12.3. The lowest BCUT2D eigenvalue weighted by molar-refractivity contribution is -0.116. The van der Waals surface area contributed by atoms with E-state index in [4.69, 9.17) is 0 Å². The highest BCUT2D eigenvalue weighted by atomic mass is 79.9. The lowest BCUT2D eigenvalue weighted by Crippen LogP contribution is -2.15. The van der Waals surface area contributed by atoms with E-state index in [9.17, 15) is 4.79 Å². The van der Waals surface area contributed by atoms with Crippen LogP contribution in [-0.2, 0) is 17.9 Å². The standard InChI is InChI=1S/C22H22BrN5O/c1-15-22(23)16(2)28(26-15)11-10-21(29)25-19-12-24-27(14-19)13-18-8-5-7-17-6-3-4-9-20(17)18/h3-9,12,14H,10-11,13H2,1-2H3,(H,25,29). The van der Waals surface area contributed by atoms with Crippen LogP contribution in [0.4, 0.5) is 5.69 Å². The molecule has 0 saturated carbocycles. The van der Waals surface area contributed by atoms with Crippen LogP contribution in [0, 0.1) is 13.8 Å². The first-order chi connectivity index (χ1) is 14.0. The molecule has 0 unspecified atom stereocenters. The fourth-order valence-electron chi connectivity index (χ4n) is 3.44. The fraction of sp³-hybridized carbons (Fsp3) is 0.227. The zero-order valence-electron chi connectivity index (χ0n) is 16.4. The van der Waals surface area contributed by atoms with Crippen LogP contribution in [0.15, 0.2) is 59.3 Å². The smallest absolute Gasteiger partial charge is 0.226 e. The molecule has 0 fully saturated rings. The molecular weight excluding hydrogens is 430 g/mol. The Bertz CT molecular complexity index is 1170. The molecule has 0 aliphatic heterocycles. The number of nitrogens with zero attached hydrogens (tertiary/aromatic N) is 4. The van der Waals surface area contributed by atoms with Gasteiger partial charge in [0.25, 0.3) is 0 Å². The molecule has 0 aliphatic carbocycles. The Kier molecular flexibility index (Phi) is 5.49. The maximum absolute atomic E-state index is 12.3. The van der Waals surface area contributed by atoms with E-state index in [1.54, 1.807) is 6.20 Å². The topological polar surface area (TPSA) is 64.7 Å². The van der Waals surface area contributed by atoms with Gasteiger partial charge in [-0.15, -0.1) is 0 Å².